The average Bonchev–Trinajstić information content (AvgIpc) is 2.41. The number of carbonyl (C=O) groups is 1. The summed E-state index contributed by atoms with van der Waals surface area (Å²) in [7, 11) is 0. The number of halogens is 2. The normalized spacial score (nSPS) is 10.6. The van der Waals surface area contributed by atoms with E-state index in [1.54, 1.807) is 24.3 Å². The molecule has 4 heteroatoms. The summed E-state index contributed by atoms with van der Waals surface area (Å²) in [6, 6.07) is 12.1. The van der Waals surface area contributed by atoms with Crippen LogP contribution in [0.2, 0.25) is 5.02 Å². The number of rotatable bonds is 4. The van der Waals surface area contributed by atoms with E-state index >= 15 is 0 Å². The quantitative estimate of drug-likeness (QED) is 0.474. The highest BCUT2D eigenvalue weighted by atomic mass is 35.5. The molecule has 0 bridgehead atoms. The molecule has 0 amide bonds. The van der Waals surface area contributed by atoms with Crippen molar-refractivity contribution in [3.05, 3.63) is 77.3 Å². The van der Waals surface area contributed by atoms with Gasteiger partial charge in [-0.1, -0.05) is 11.6 Å². The van der Waals surface area contributed by atoms with Crippen LogP contribution >= 0.6 is 11.6 Å². The number of benzene rings is 2. The van der Waals surface area contributed by atoms with E-state index < -0.39 is 0 Å². The summed E-state index contributed by atoms with van der Waals surface area (Å²) < 4.78 is 17.9. The zero-order valence-corrected chi connectivity index (χ0v) is 10.6. The maximum Gasteiger partial charge on any atom is 0.188 e. The van der Waals surface area contributed by atoms with Crippen LogP contribution in [-0.4, -0.2) is 5.78 Å². The van der Waals surface area contributed by atoms with E-state index in [0.29, 0.717) is 16.3 Å². The highest BCUT2D eigenvalue weighted by molar-refractivity contribution is 6.30. The van der Waals surface area contributed by atoms with Gasteiger partial charge in [-0.05, 0) is 48.5 Å². The van der Waals surface area contributed by atoms with Gasteiger partial charge in [-0.3, -0.25) is 4.79 Å². The molecule has 2 aromatic rings. The Bertz CT molecular complexity index is 589. The largest absolute Gasteiger partial charge is 0.465 e. The first-order chi connectivity index (χ1) is 9.15. The lowest BCUT2D eigenvalue weighted by Crippen LogP contribution is -1.95. The zero-order chi connectivity index (χ0) is 13.7. The van der Waals surface area contributed by atoms with Gasteiger partial charge in [-0.2, -0.15) is 0 Å². The molecule has 0 aliphatic carbocycles. The van der Waals surface area contributed by atoms with Crippen molar-refractivity contribution in [2.24, 2.45) is 0 Å². The molecule has 0 atom stereocenters. The molecule has 2 rings (SSSR count). The minimum atomic E-state index is -0.377. The van der Waals surface area contributed by atoms with Crippen molar-refractivity contribution in [1.29, 1.82) is 0 Å². The molecule has 2 aromatic carbocycles. The maximum atomic E-state index is 12.7. The SMILES string of the molecule is O=C(/C=C/Oc1ccc(Cl)cc1)c1ccc(F)cc1. The molecule has 0 fully saturated rings. The summed E-state index contributed by atoms with van der Waals surface area (Å²) in [5, 5.41) is 0.610. The van der Waals surface area contributed by atoms with Gasteiger partial charge in [0.2, 0.25) is 0 Å². The number of ether oxygens (including phenoxy) is 1. The molecule has 0 aliphatic heterocycles. The zero-order valence-electron chi connectivity index (χ0n) is 9.85. The van der Waals surface area contributed by atoms with Crippen LogP contribution in [0.3, 0.4) is 0 Å². The van der Waals surface area contributed by atoms with Gasteiger partial charge >= 0.3 is 0 Å². The summed E-state index contributed by atoms with van der Waals surface area (Å²) in [4.78, 5) is 11.7. The van der Waals surface area contributed by atoms with Crippen LogP contribution in [0.25, 0.3) is 0 Å². The Balaban J connectivity index is 1.97. The number of hydrogen-bond donors (Lipinski definition) is 0. The molecule has 19 heavy (non-hydrogen) atoms. The third kappa shape index (κ3) is 3.93. The fraction of sp³-hybridized carbons (Fsp3) is 0. The number of ketones is 1. The van der Waals surface area contributed by atoms with E-state index in [0.717, 1.165) is 0 Å². The lowest BCUT2D eigenvalue weighted by Gasteiger charge is -1.99. The van der Waals surface area contributed by atoms with E-state index in [1.807, 2.05) is 0 Å². The summed E-state index contributed by atoms with van der Waals surface area (Å²) in [5.41, 5.74) is 0.400. The van der Waals surface area contributed by atoms with E-state index in [1.165, 1.54) is 36.6 Å². The standard InChI is InChI=1S/C15H10ClFO2/c16-12-3-7-14(8-4-12)19-10-9-15(18)11-1-5-13(17)6-2-11/h1-10H/b10-9+. The van der Waals surface area contributed by atoms with Crippen molar-refractivity contribution in [2.45, 2.75) is 0 Å². The first-order valence-electron chi connectivity index (χ1n) is 5.54. The Kier molecular flexibility index (Phi) is 4.31. The molecule has 2 nitrogen and oxygen atoms in total. The van der Waals surface area contributed by atoms with Crippen LogP contribution in [0.1, 0.15) is 10.4 Å². The fourth-order valence-corrected chi connectivity index (χ4v) is 1.52. The van der Waals surface area contributed by atoms with Crippen molar-refractivity contribution in [2.75, 3.05) is 0 Å². The first kappa shape index (κ1) is 13.3. The molecule has 0 aromatic heterocycles. The second-order valence-corrected chi connectivity index (χ2v) is 4.18. The summed E-state index contributed by atoms with van der Waals surface area (Å²) >= 11 is 5.73. The van der Waals surface area contributed by atoms with Gasteiger partial charge in [0.15, 0.2) is 5.78 Å². The molecule has 96 valence electrons. The van der Waals surface area contributed by atoms with Gasteiger partial charge in [0.05, 0.1) is 6.26 Å². The first-order valence-corrected chi connectivity index (χ1v) is 5.91. The fourth-order valence-electron chi connectivity index (χ4n) is 1.40. The van der Waals surface area contributed by atoms with E-state index in [-0.39, 0.29) is 11.6 Å². The van der Waals surface area contributed by atoms with E-state index in [2.05, 4.69) is 0 Å². The summed E-state index contributed by atoms with van der Waals surface area (Å²) in [6.07, 6.45) is 2.57. The molecule has 0 radical (unpaired) electrons. The molecule has 0 N–H and O–H groups in total. The Morgan fingerprint density at radius 1 is 1.05 bits per heavy atom. The third-order valence-corrected chi connectivity index (χ3v) is 2.62. The molecule has 0 aliphatic rings. The molecular weight excluding hydrogens is 267 g/mol. The molecule has 0 spiro atoms. The molecule has 0 heterocycles. The van der Waals surface area contributed by atoms with Crippen LogP contribution in [0.15, 0.2) is 60.9 Å². The Labute approximate surface area is 115 Å². The van der Waals surface area contributed by atoms with Crippen molar-refractivity contribution < 1.29 is 13.9 Å². The Hall–Kier alpha value is -2.13. The second-order valence-electron chi connectivity index (χ2n) is 3.75. The van der Waals surface area contributed by atoms with Gasteiger partial charge in [0, 0.05) is 16.7 Å². The molecule has 0 unspecified atom stereocenters. The molecular formula is C15H10ClFO2. The maximum absolute atomic E-state index is 12.7. The number of allylic oxidation sites excluding steroid dienone is 1. The smallest absolute Gasteiger partial charge is 0.188 e. The monoisotopic (exact) mass is 276 g/mol. The molecule has 0 saturated heterocycles. The predicted molar refractivity (Wildman–Crippen MR) is 72.0 cm³/mol. The van der Waals surface area contributed by atoms with Gasteiger partial charge in [0.1, 0.15) is 11.6 Å². The third-order valence-electron chi connectivity index (χ3n) is 2.37. The lowest BCUT2D eigenvalue weighted by atomic mass is 10.1. The Morgan fingerprint density at radius 2 is 1.68 bits per heavy atom. The summed E-state index contributed by atoms with van der Waals surface area (Å²) in [5.74, 6) is -0.0561. The van der Waals surface area contributed by atoms with Gasteiger partial charge in [-0.25, -0.2) is 4.39 Å². The Morgan fingerprint density at radius 3 is 2.32 bits per heavy atom. The predicted octanol–water partition coefficient (Wildman–Crippen LogP) is 4.25. The highest BCUT2D eigenvalue weighted by Gasteiger charge is 2.01. The topological polar surface area (TPSA) is 26.3 Å². The van der Waals surface area contributed by atoms with Crippen molar-refractivity contribution in [1.82, 2.24) is 0 Å². The lowest BCUT2D eigenvalue weighted by molar-refractivity contribution is 0.104. The van der Waals surface area contributed by atoms with Crippen molar-refractivity contribution in [3.8, 4) is 5.75 Å². The second kappa shape index (κ2) is 6.16. The van der Waals surface area contributed by atoms with Gasteiger partial charge in [0.25, 0.3) is 0 Å². The summed E-state index contributed by atoms with van der Waals surface area (Å²) in [6.45, 7) is 0. The van der Waals surface area contributed by atoms with Crippen LogP contribution in [0.4, 0.5) is 4.39 Å². The minimum absolute atomic E-state index is 0.256. The van der Waals surface area contributed by atoms with Crippen LogP contribution < -0.4 is 4.74 Å². The average molecular weight is 277 g/mol. The van der Waals surface area contributed by atoms with Gasteiger partial charge < -0.3 is 4.74 Å². The van der Waals surface area contributed by atoms with Crippen molar-refractivity contribution in [3.63, 3.8) is 0 Å². The highest BCUT2D eigenvalue weighted by Crippen LogP contribution is 2.15. The molecule has 0 saturated carbocycles. The van der Waals surface area contributed by atoms with E-state index in [9.17, 15) is 9.18 Å². The number of hydrogen-bond acceptors (Lipinski definition) is 2. The van der Waals surface area contributed by atoms with Crippen molar-refractivity contribution >= 4 is 17.4 Å². The number of carbonyl (C=O) groups excluding carboxylic acids is 1. The minimum Gasteiger partial charge on any atom is -0.465 e. The van der Waals surface area contributed by atoms with Crippen LogP contribution in [-0.2, 0) is 0 Å². The van der Waals surface area contributed by atoms with Crippen LogP contribution in [0.5, 0.6) is 5.75 Å². The van der Waals surface area contributed by atoms with E-state index in [4.69, 9.17) is 16.3 Å². The van der Waals surface area contributed by atoms with Gasteiger partial charge in [-0.15, -0.1) is 0 Å². The van der Waals surface area contributed by atoms with Crippen LogP contribution in [0, 0.1) is 5.82 Å².